The van der Waals surface area contributed by atoms with E-state index in [1.807, 2.05) is 0 Å². The minimum absolute atomic E-state index is 0.0837. The van der Waals surface area contributed by atoms with Crippen molar-refractivity contribution in [2.75, 3.05) is 33.9 Å². The quantitative estimate of drug-likeness (QED) is 0.542. The molecule has 0 heterocycles. The predicted octanol–water partition coefficient (Wildman–Crippen LogP) is 2.34. The molecule has 2 N–H and O–H groups in total. The maximum atomic E-state index is 11.8. The van der Waals surface area contributed by atoms with E-state index >= 15 is 0 Å². The van der Waals surface area contributed by atoms with Crippen LogP contribution in [0.2, 0.25) is 0 Å². The molecule has 0 saturated carbocycles. The Bertz CT molecular complexity index is 297. The molecule has 0 aliphatic carbocycles. The van der Waals surface area contributed by atoms with Gasteiger partial charge in [-0.3, -0.25) is 4.79 Å². The van der Waals surface area contributed by atoms with E-state index in [2.05, 4.69) is 12.2 Å². The second kappa shape index (κ2) is 12.4. The molecule has 6 heteroatoms. The summed E-state index contributed by atoms with van der Waals surface area (Å²) in [5, 5.41) is 11.6. The lowest BCUT2D eigenvalue weighted by Gasteiger charge is -2.19. The first-order valence-electron chi connectivity index (χ1n) is 7.70. The number of amides is 2. The van der Waals surface area contributed by atoms with Crippen LogP contribution in [0, 0.1) is 5.92 Å². The first-order chi connectivity index (χ1) is 10.0. The number of carboxylic acids is 1. The van der Waals surface area contributed by atoms with Crippen LogP contribution in [0.4, 0.5) is 4.79 Å². The number of urea groups is 1. The summed E-state index contributed by atoms with van der Waals surface area (Å²) < 4.78 is 4.95. The smallest absolute Gasteiger partial charge is 0.317 e. The Morgan fingerprint density at radius 3 is 2.57 bits per heavy atom. The van der Waals surface area contributed by atoms with E-state index in [-0.39, 0.29) is 12.5 Å². The molecule has 0 aliphatic heterocycles. The Morgan fingerprint density at radius 1 is 1.29 bits per heavy atom. The molecule has 0 aromatic carbocycles. The fraction of sp³-hybridized carbons (Fsp3) is 0.867. The van der Waals surface area contributed by atoms with E-state index in [9.17, 15) is 9.59 Å². The largest absolute Gasteiger partial charge is 0.481 e. The van der Waals surface area contributed by atoms with Gasteiger partial charge in [0.15, 0.2) is 0 Å². The third-order valence-corrected chi connectivity index (χ3v) is 3.48. The Labute approximate surface area is 127 Å². The monoisotopic (exact) mass is 302 g/mol. The molecule has 0 fully saturated rings. The van der Waals surface area contributed by atoms with Gasteiger partial charge in [-0.05, 0) is 25.2 Å². The second-order valence-corrected chi connectivity index (χ2v) is 5.38. The van der Waals surface area contributed by atoms with Crippen LogP contribution in [0.1, 0.15) is 45.4 Å². The van der Waals surface area contributed by atoms with Crippen molar-refractivity contribution in [1.82, 2.24) is 10.2 Å². The van der Waals surface area contributed by atoms with Gasteiger partial charge in [-0.2, -0.15) is 0 Å². The highest BCUT2D eigenvalue weighted by molar-refractivity contribution is 5.73. The average molecular weight is 302 g/mol. The average Bonchev–Trinajstić information content (AvgIpc) is 2.44. The van der Waals surface area contributed by atoms with E-state index in [4.69, 9.17) is 9.84 Å². The van der Waals surface area contributed by atoms with Gasteiger partial charge >= 0.3 is 12.0 Å². The first-order valence-corrected chi connectivity index (χ1v) is 7.70. The molecule has 124 valence electrons. The molecule has 0 spiro atoms. The summed E-state index contributed by atoms with van der Waals surface area (Å²) in [7, 11) is 3.41. The summed E-state index contributed by atoms with van der Waals surface area (Å²) in [6, 6.07) is -0.0837. The molecule has 2 amide bonds. The summed E-state index contributed by atoms with van der Waals surface area (Å²) >= 11 is 0. The number of hydrogen-bond acceptors (Lipinski definition) is 3. The summed E-state index contributed by atoms with van der Waals surface area (Å²) in [6.07, 6.45) is 4.58. The number of hydrogen-bond donors (Lipinski definition) is 2. The Morgan fingerprint density at radius 2 is 2.00 bits per heavy atom. The fourth-order valence-electron chi connectivity index (χ4n) is 2.23. The number of aliphatic carboxylic acids is 1. The van der Waals surface area contributed by atoms with Crippen LogP contribution in [0.5, 0.6) is 0 Å². The highest BCUT2D eigenvalue weighted by Crippen LogP contribution is 2.17. The van der Waals surface area contributed by atoms with Crippen LogP contribution in [-0.2, 0) is 9.53 Å². The first kappa shape index (κ1) is 19.7. The van der Waals surface area contributed by atoms with Gasteiger partial charge in [-0.25, -0.2) is 4.79 Å². The molecule has 6 nitrogen and oxygen atoms in total. The van der Waals surface area contributed by atoms with Gasteiger partial charge in [-0.15, -0.1) is 0 Å². The standard InChI is InChI=1S/C15H30N2O4/c1-4-6-13(7-8-14(18)19)9-10-16-15(20)17(2)11-5-12-21-3/h13H,4-12H2,1-3H3,(H,16,20)(H,18,19). The zero-order valence-electron chi connectivity index (χ0n) is 13.6. The van der Waals surface area contributed by atoms with E-state index in [1.54, 1.807) is 19.1 Å². The number of ether oxygens (including phenoxy) is 1. The van der Waals surface area contributed by atoms with Gasteiger partial charge in [0.2, 0.25) is 0 Å². The highest BCUT2D eigenvalue weighted by atomic mass is 16.5. The number of carbonyl (C=O) groups excluding carboxylic acids is 1. The van der Waals surface area contributed by atoms with Crippen LogP contribution in [0.3, 0.4) is 0 Å². The van der Waals surface area contributed by atoms with Crippen molar-refractivity contribution in [2.45, 2.75) is 45.4 Å². The second-order valence-electron chi connectivity index (χ2n) is 5.38. The Balaban J connectivity index is 3.89. The van der Waals surface area contributed by atoms with Crippen molar-refractivity contribution in [3.63, 3.8) is 0 Å². The topological polar surface area (TPSA) is 78.9 Å². The van der Waals surface area contributed by atoms with Crippen LogP contribution in [-0.4, -0.2) is 55.9 Å². The van der Waals surface area contributed by atoms with Crippen molar-refractivity contribution in [1.29, 1.82) is 0 Å². The summed E-state index contributed by atoms with van der Waals surface area (Å²) in [5.41, 5.74) is 0. The van der Waals surface area contributed by atoms with E-state index in [1.165, 1.54) is 0 Å². The van der Waals surface area contributed by atoms with Gasteiger partial charge < -0.3 is 20.1 Å². The lowest BCUT2D eigenvalue weighted by Crippen LogP contribution is -2.38. The minimum Gasteiger partial charge on any atom is -0.481 e. The van der Waals surface area contributed by atoms with Gasteiger partial charge in [-0.1, -0.05) is 19.8 Å². The van der Waals surface area contributed by atoms with Crippen molar-refractivity contribution in [3.05, 3.63) is 0 Å². The molecule has 0 aliphatic rings. The number of nitrogens with zero attached hydrogens (tertiary/aromatic N) is 1. The molecule has 0 radical (unpaired) electrons. The van der Waals surface area contributed by atoms with Crippen LogP contribution in [0.15, 0.2) is 0 Å². The molecule has 21 heavy (non-hydrogen) atoms. The number of carbonyl (C=O) groups is 2. The molecule has 0 rings (SSSR count). The summed E-state index contributed by atoms with van der Waals surface area (Å²) in [5.74, 6) is -0.386. The summed E-state index contributed by atoms with van der Waals surface area (Å²) in [4.78, 5) is 24.1. The van der Waals surface area contributed by atoms with Gasteiger partial charge in [0, 0.05) is 40.3 Å². The third-order valence-electron chi connectivity index (χ3n) is 3.48. The molecular weight excluding hydrogens is 272 g/mol. The van der Waals surface area contributed by atoms with E-state index < -0.39 is 5.97 Å². The van der Waals surface area contributed by atoms with Crippen molar-refractivity contribution >= 4 is 12.0 Å². The molecule has 0 saturated heterocycles. The lowest BCUT2D eigenvalue weighted by molar-refractivity contribution is -0.137. The van der Waals surface area contributed by atoms with Gasteiger partial charge in [0.25, 0.3) is 0 Å². The molecular formula is C15H30N2O4. The lowest BCUT2D eigenvalue weighted by atomic mass is 9.94. The number of rotatable bonds is 12. The highest BCUT2D eigenvalue weighted by Gasteiger charge is 2.12. The molecule has 1 atom stereocenters. The summed E-state index contributed by atoms with van der Waals surface area (Å²) in [6.45, 7) is 4.00. The Kier molecular flexibility index (Phi) is 11.7. The third kappa shape index (κ3) is 11.1. The molecule has 1 unspecified atom stereocenters. The van der Waals surface area contributed by atoms with Gasteiger partial charge in [0.05, 0.1) is 0 Å². The van der Waals surface area contributed by atoms with Crippen LogP contribution in [0.25, 0.3) is 0 Å². The predicted molar refractivity (Wildman–Crippen MR) is 82.4 cm³/mol. The number of nitrogens with one attached hydrogen (secondary N) is 1. The zero-order valence-corrected chi connectivity index (χ0v) is 13.6. The minimum atomic E-state index is -0.752. The van der Waals surface area contributed by atoms with E-state index in [0.717, 1.165) is 25.7 Å². The normalized spacial score (nSPS) is 12.0. The van der Waals surface area contributed by atoms with E-state index in [0.29, 0.717) is 32.0 Å². The number of carboxylic acid groups (broad SMARTS) is 1. The SMILES string of the molecule is CCCC(CCNC(=O)N(C)CCCOC)CCC(=O)O. The van der Waals surface area contributed by atoms with Crippen LogP contribution >= 0.6 is 0 Å². The maximum Gasteiger partial charge on any atom is 0.317 e. The molecule has 0 aromatic heterocycles. The van der Waals surface area contributed by atoms with Crippen molar-refractivity contribution in [2.24, 2.45) is 5.92 Å². The van der Waals surface area contributed by atoms with Gasteiger partial charge in [0.1, 0.15) is 0 Å². The zero-order chi connectivity index (χ0) is 16.1. The maximum absolute atomic E-state index is 11.8. The van der Waals surface area contributed by atoms with Crippen molar-refractivity contribution < 1.29 is 19.4 Å². The van der Waals surface area contributed by atoms with Crippen molar-refractivity contribution in [3.8, 4) is 0 Å². The fourth-order valence-corrected chi connectivity index (χ4v) is 2.23. The van der Waals surface area contributed by atoms with Crippen LogP contribution < -0.4 is 5.32 Å². The Hall–Kier alpha value is -1.30. The number of methoxy groups -OCH3 is 1. The molecule has 0 aromatic rings. The molecule has 0 bridgehead atoms.